The highest BCUT2D eigenvalue weighted by Gasteiger charge is 2.13. The van der Waals surface area contributed by atoms with E-state index in [1.54, 1.807) is 9.08 Å². The highest BCUT2D eigenvalue weighted by molar-refractivity contribution is 7.15. The Kier molecular flexibility index (Phi) is 3.69. The first-order valence-corrected chi connectivity index (χ1v) is 9.45. The number of aryl methyl sites for hydroxylation is 1. The first-order chi connectivity index (χ1) is 13.6. The van der Waals surface area contributed by atoms with E-state index in [-0.39, 0.29) is 17.7 Å². The minimum absolute atomic E-state index is 0.155. The van der Waals surface area contributed by atoms with Crippen LogP contribution in [-0.2, 0) is 6.54 Å². The van der Waals surface area contributed by atoms with Gasteiger partial charge in [0.25, 0.3) is 11.1 Å². The number of para-hydroxylation sites is 1. The van der Waals surface area contributed by atoms with Gasteiger partial charge in [-0.15, -0.1) is 11.3 Å². The lowest BCUT2D eigenvalue weighted by Gasteiger charge is -2.06. The summed E-state index contributed by atoms with van der Waals surface area (Å²) in [5.41, 5.74) is 2.30. The van der Waals surface area contributed by atoms with E-state index in [4.69, 9.17) is 0 Å². The van der Waals surface area contributed by atoms with Gasteiger partial charge in [0.15, 0.2) is 10.6 Å². The standard InChI is InChI=1S/C19H14N6O2S/c1-12-10-28-19-22-13(7-16(26)24(12)19)9-23-11-20-17-15(18(23)27)8-21-25(17)14-5-3-2-4-6-14/h2-8,10-11H,9H2,1H3. The third kappa shape index (κ3) is 2.55. The minimum atomic E-state index is -0.225. The van der Waals surface area contributed by atoms with Gasteiger partial charge in [0, 0.05) is 17.1 Å². The first-order valence-electron chi connectivity index (χ1n) is 8.57. The van der Waals surface area contributed by atoms with Gasteiger partial charge in [-0.05, 0) is 19.1 Å². The SMILES string of the molecule is Cc1csc2nc(Cn3cnc4c(cnn4-c4ccccc4)c3=O)cc(=O)n12. The number of hydrogen-bond acceptors (Lipinski definition) is 6. The highest BCUT2D eigenvalue weighted by Crippen LogP contribution is 2.14. The molecular formula is C19H14N6O2S. The van der Waals surface area contributed by atoms with Crippen LogP contribution in [0.5, 0.6) is 0 Å². The third-order valence-electron chi connectivity index (χ3n) is 4.52. The topological polar surface area (TPSA) is 87.1 Å². The van der Waals surface area contributed by atoms with Crippen molar-refractivity contribution in [3.63, 3.8) is 0 Å². The molecule has 4 aromatic heterocycles. The number of nitrogens with zero attached hydrogens (tertiary/aromatic N) is 6. The van der Waals surface area contributed by atoms with E-state index >= 15 is 0 Å². The predicted molar refractivity (Wildman–Crippen MR) is 106 cm³/mol. The molecule has 9 heteroatoms. The fraction of sp³-hybridized carbons (Fsp3) is 0.105. The van der Waals surface area contributed by atoms with Crippen LogP contribution in [0.4, 0.5) is 0 Å². The molecule has 0 saturated carbocycles. The Morgan fingerprint density at radius 2 is 1.96 bits per heavy atom. The molecule has 0 spiro atoms. The van der Waals surface area contributed by atoms with Gasteiger partial charge >= 0.3 is 0 Å². The minimum Gasteiger partial charge on any atom is -0.292 e. The molecule has 5 aromatic rings. The third-order valence-corrected chi connectivity index (χ3v) is 5.46. The molecule has 0 aliphatic rings. The molecule has 8 nitrogen and oxygen atoms in total. The fourth-order valence-electron chi connectivity index (χ4n) is 3.18. The number of hydrogen-bond donors (Lipinski definition) is 0. The molecule has 0 aliphatic carbocycles. The highest BCUT2D eigenvalue weighted by atomic mass is 32.1. The Bertz CT molecular complexity index is 1440. The van der Waals surface area contributed by atoms with Gasteiger partial charge in [-0.1, -0.05) is 18.2 Å². The summed E-state index contributed by atoms with van der Waals surface area (Å²) < 4.78 is 4.63. The molecule has 0 bridgehead atoms. The fourth-order valence-corrected chi connectivity index (χ4v) is 4.07. The van der Waals surface area contributed by atoms with Crippen LogP contribution >= 0.6 is 11.3 Å². The van der Waals surface area contributed by atoms with Gasteiger partial charge in [0.2, 0.25) is 0 Å². The Balaban J connectivity index is 1.58. The Labute approximate surface area is 162 Å². The van der Waals surface area contributed by atoms with Crippen LogP contribution in [-0.4, -0.2) is 28.7 Å². The van der Waals surface area contributed by atoms with E-state index in [1.807, 2.05) is 42.6 Å². The van der Waals surface area contributed by atoms with Crippen molar-refractivity contribution in [3.05, 3.63) is 86.4 Å². The quantitative estimate of drug-likeness (QED) is 0.470. The summed E-state index contributed by atoms with van der Waals surface area (Å²) in [5.74, 6) is 0. The summed E-state index contributed by atoms with van der Waals surface area (Å²) >= 11 is 1.40. The molecule has 0 fully saturated rings. The van der Waals surface area contributed by atoms with Crippen LogP contribution in [0.2, 0.25) is 0 Å². The Morgan fingerprint density at radius 3 is 2.79 bits per heavy atom. The molecule has 0 unspecified atom stereocenters. The van der Waals surface area contributed by atoms with Crippen molar-refractivity contribution in [1.29, 1.82) is 0 Å². The van der Waals surface area contributed by atoms with Crippen molar-refractivity contribution < 1.29 is 0 Å². The summed E-state index contributed by atoms with van der Waals surface area (Å²) in [6.07, 6.45) is 2.98. The van der Waals surface area contributed by atoms with Crippen LogP contribution in [0.15, 0.2) is 63.9 Å². The molecular weight excluding hydrogens is 376 g/mol. The monoisotopic (exact) mass is 390 g/mol. The molecule has 0 N–H and O–H groups in total. The van der Waals surface area contributed by atoms with Gasteiger partial charge < -0.3 is 0 Å². The van der Waals surface area contributed by atoms with Gasteiger partial charge in [-0.2, -0.15) is 5.10 Å². The second kappa shape index (κ2) is 6.24. The molecule has 4 heterocycles. The van der Waals surface area contributed by atoms with E-state index in [1.165, 1.54) is 34.5 Å². The van der Waals surface area contributed by atoms with E-state index in [9.17, 15) is 9.59 Å². The zero-order valence-electron chi connectivity index (χ0n) is 14.8. The average molecular weight is 390 g/mol. The van der Waals surface area contributed by atoms with Crippen LogP contribution in [0.1, 0.15) is 11.4 Å². The summed E-state index contributed by atoms with van der Waals surface area (Å²) in [6.45, 7) is 2.03. The molecule has 5 rings (SSSR count). The molecule has 0 atom stereocenters. The lowest BCUT2D eigenvalue weighted by molar-refractivity contribution is 0.725. The second-order valence-corrected chi connectivity index (χ2v) is 7.22. The molecule has 0 radical (unpaired) electrons. The molecule has 0 saturated heterocycles. The van der Waals surface area contributed by atoms with Crippen LogP contribution in [0, 0.1) is 6.92 Å². The lowest BCUT2D eigenvalue weighted by atomic mass is 10.3. The van der Waals surface area contributed by atoms with Crippen molar-refractivity contribution in [1.82, 2.24) is 28.7 Å². The average Bonchev–Trinajstić information content (AvgIpc) is 3.29. The normalized spacial score (nSPS) is 11.5. The summed E-state index contributed by atoms with van der Waals surface area (Å²) in [7, 11) is 0. The van der Waals surface area contributed by atoms with Crippen molar-refractivity contribution >= 4 is 27.3 Å². The first kappa shape index (κ1) is 16.6. The van der Waals surface area contributed by atoms with Crippen molar-refractivity contribution in [2.45, 2.75) is 13.5 Å². The molecule has 0 amide bonds. The molecule has 28 heavy (non-hydrogen) atoms. The van der Waals surface area contributed by atoms with Crippen LogP contribution in [0.25, 0.3) is 21.7 Å². The molecule has 1 aromatic carbocycles. The maximum Gasteiger partial charge on any atom is 0.264 e. The van der Waals surface area contributed by atoms with Gasteiger partial charge in [-0.3, -0.25) is 18.6 Å². The van der Waals surface area contributed by atoms with Gasteiger partial charge in [0.05, 0.1) is 24.1 Å². The maximum absolute atomic E-state index is 12.9. The lowest BCUT2D eigenvalue weighted by Crippen LogP contribution is -2.23. The Morgan fingerprint density at radius 1 is 1.14 bits per heavy atom. The number of fused-ring (bicyclic) bond motifs is 2. The van der Waals surface area contributed by atoms with Crippen molar-refractivity contribution in [3.8, 4) is 5.69 Å². The number of thiazole rings is 1. The van der Waals surface area contributed by atoms with Crippen molar-refractivity contribution in [2.24, 2.45) is 0 Å². The summed E-state index contributed by atoms with van der Waals surface area (Å²) in [6, 6.07) is 11.0. The predicted octanol–water partition coefficient (Wildman–Crippen LogP) is 2.01. The summed E-state index contributed by atoms with van der Waals surface area (Å²) in [4.78, 5) is 34.8. The second-order valence-electron chi connectivity index (χ2n) is 6.39. The van der Waals surface area contributed by atoms with E-state index in [2.05, 4.69) is 15.1 Å². The zero-order valence-corrected chi connectivity index (χ0v) is 15.6. The van der Waals surface area contributed by atoms with E-state index in [0.717, 1.165) is 11.4 Å². The largest absolute Gasteiger partial charge is 0.292 e. The smallest absolute Gasteiger partial charge is 0.264 e. The van der Waals surface area contributed by atoms with E-state index in [0.29, 0.717) is 21.7 Å². The zero-order chi connectivity index (χ0) is 19.3. The molecule has 0 aliphatic heterocycles. The Hall–Kier alpha value is -3.59. The number of rotatable bonds is 3. The summed E-state index contributed by atoms with van der Waals surface area (Å²) in [5, 5.41) is 6.60. The van der Waals surface area contributed by atoms with Crippen LogP contribution < -0.4 is 11.1 Å². The maximum atomic E-state index is 12.9. The van der Waals surface area contributed by atoms with Gasteiger partial charge in [0.1, 0.15) is 11.7 Å². The number of aromatic nitrogens is 6. The van der Waals surface area contributed by atoms with Crippen molar-refractivity contribution in [2.75, 3.05) is 0 Å². The van der Waals surface area contributed by atoms with Crippen LogP contribution in [0.3, 0.4) is 0 Å². The number of benzene rings is 1. The molecule has 138 valence electrons. The van der Waals surface area contributed by atoms with E-state index < -0.39 is 0 Å². The van der Waals surface area contributed by atoms with Gasteiger partial charge in [-0.25, -0.2) is 14.6 Å².